The molecule has 110 valence electrons. The maximum absolute atomic E-state index is 11.4. The number of nitrogen functional groups attached to an aromatic ring is 1. The largest absolute Gasteiger partial charge is 0.444 e. The summed E-state index contributed by atoms with van der Waals surface area (Å²) in [6.45, 7) is 5.92. The van der Waals surface area contributed by atoms with Gasteiger partial charge in [-0.05, 0) is 33.3 Å². The molecule has 1 aromatic rings. The van der Waals surface area contributed by atoms with E-state index in [9.17, 15) is 4.79 Å². The summed E-state index contributed by atoms with van der Waals surface area (Å²) >= 11 is 5.75. The third kappa shape index (κ3) is 6.38. The number of halogens is 1. The molecule has 0 spiro atoms. The molecule has 1 amide bonds. The minimum Gasteiger partial charge on any atom is -0.444 e. The molecule has 6 nitrogen and oxygen atoms in total. The van der Waals surface area contributed by atoms with Crippen LogP contribution in [0.15, 0.2) is 12.3 Å². The van der Waals surface area contributed by atoms with Crippen molar-refractivity contribution in [3.05, 3.63) is 23.1 Å². The van der Waals surface area contributed by atoms with Crippen LogP contribution in [0, 0.1) is 0 Å². The fourth-order valence-electron chi connectivity index (χ4n) is 1.24. The van der Waals surface area contributed by atoms with Gasteiger partial charge in [-0.2, -0.15) is 0 Å². The Morgan fingerprint density at radius 1 is 1.55 bits per heavy atom. The highest BCUT2D eigenvalue weighted by Gasteiger charge is 2.15. The van der Waals surface area contributed by atoms with Gasteiger partial charge in [-0.25, -0.2) is 14.8 Å². The van der Waals surface area contributed by atoms with Crippen molar-refractivity contribution < 1.29 is 9.53 Å². The second-order valence-corrected chi connectivity index (χ2v) is 5.45. The normalized spacial score (nSPS) is 11.6. The van der Waals surface area contributed by atoms with Gasteiger partial charge in [0.15, 0.2) is 11.0 Å². The predicted octanol–water partition coefficient (Wildman–Crippen LogP) is 2.64. The lowest BCUT2D eigenvalue weighted by Crippen LogP contribution is -2.32. The Labute approximate surface area is 123 Å². The van der Waals surface area contributed by atoms with E-state index in [0.717, 1.165) is 0 Å². The fourth-order valence-corrected chi connectivity index (χ4v) is 1.39. The summed E-state index contributed by atoms with van der Waals surface area (Å²) < 4.78 is 5.10. The minimum absolute atomic E-state index is 0.180. The zero-order valence-corrected chi connectivity index (χ0v) is 12.6. The molecule has 0 fully saturated rings. The summed E-state index contributed by atoms with van der Waals surface area (Å²) in [4.78, 5) is 19.3. The molecule has 0 aliphatic rings. The molecule has 1 heterocycles. The molecule has 0 saturated heterocycles. The van der Waals surface area contributed by atoms with Gasteiger partial charge in [-0.15, -0.1) is 0 Å². The van der Waals surface area contributed by atoms with Gasteiger partial charge in [-0.3, -0.25) is 0 Å². The lowest BCUT2D eigenvalue weighted by molar-refractivity contribution is 0.0529. The van der Waals surface area contributed by atoms with Crippen LogP contribution >= 0.6 is 11.6 Å². The van der Waals surface area contributed by atoms with Crippen LogP contribution in [0.5, 0.6) is 0 Å². The van der Waals surface area contributed by atoms with Gasteiger partial charge in [0.25, 0.3) is 0 Å². The number of carbonyl (C=O) groups is 1. The van der Waals surface area contributed by atoms with Gasteiger partial charge in [0.1, 0.15) is 5.60 Å². The number of anilines is 1. The molecule has 0 aromatic carbocycles. The molecule has 0 saturated carbocycles. The smallest absolute Gasteiger partial charge is 0.407 e. The van der Waals surface area contributed by atoms with E-state index in [1.807, 2.05) is 26.8 Å². The Bertz CT molecular complexity index is 498. The lowest BCUT2D eigenvalue weighted by atomic mass is 10.2. The van der Waals surface area contributed by atoms with Gasteiger partial charge in [0.05, 0.1) is 11.9 Å². The average molecular weight is 299 g/mol. The first-order valence-electron chi connectivity index (χ1n) is 6.19. The number of nitrogens with zero attached hydrogens (tertiary/aromatic N) is 2. The molecule has 0 aliphatic carbocycles. The van der Waals surface area contributed by atoms with E-state index in [0.29, 0.717) is 18.7 Å². The van der Waals surface area contributed by atoms with Gasteiger partial charge >= 0.3 is 6.09 Å². The Kier molecular flexibility index (Phi) is 5.76. The van der Waals surface area contributed by atoms with Crippen molar-refractivity contribution in [3.8, 4) is 0 Å². The Morgan fingerprint density at radius 3 is 2.85 bits per heavy atom. The predicted molar refractivity (Wildman–Crippen MR) is 79.3 cm³/mol. The SMILES string of the molecule is CC(C)(C)OC(=O)NCCC=Cc1cnc(N)c(Cl)n1. The molecule has 7 heteroatoms. The zero-order valence-electron chi connectivity index (χ0n) is 11.8. The van der Waals surface area contributed by atoms with Crippen molar-refractivity contribution in [2.45, 2.75) is 32.8 Å². The molecule has 0 radical (unpaired) electrons. The number of alkyl carbamates (subject to hydrolysis) is 1. The summed E-state index contributed by atoms with van der Waals surface area (Å²) in [5.41, 5.74) is 5.58. The van der Waals surface area contributed by atoms with Crippen LogP contribution in [0.4, 0.5) is 10.6 Å². The maximum atomic E-state index is 11.4. The second kappa shape index (κ2) is 7.09. The van der Waals surface area contributed by atoms with Crippen molar-refractivity contribution in [2.24, 2.45) is 0 Å². The summed E-state index contributed by atoms with van der Waals surface area (Å²) in [5, 5.41) is 2.83. The van der Waals surface area contributed by atoms with E-state index in [1.54, 1.807) is 6.08 Å². The van der Waals surface area contributed by atoms with Crippen molar-refractivity contribution in [2.75, 3.05) is 12.3 Å². The number of nitrogens with two attached hydrogens (primary N) is 1. The topological polar surface area (TPSA) is 90.1 Å². The third-order valence-corrected chi connectivity index (χ3v) is 2.32. The van der Waals surface area contributed by atoms with E-state index in [4.69, 9.17) is 22.1 Å². The van der Waals surface area contributed by atoms with E-state index < -0.39 is 11.7 Å². The number of rotatable bonds is 4. The van der Waals surface area contributed by atoms with Gasteiger partial charge in [-0.1, -0.05) is 17.7 Å². The molecule has 0 aliphatic heterocycles. The zero-order chi connectivity index (χ0) is 15.2. The third-order valence-electron chi connectivity index (χ3n) is 2.04. The van der Waals surface area contributed by atoms with Gasteiger partial charge in [0.2, 0.25) is 0 Å². The Balaban J connectivity index is 2.32. The highest BCUT2D eigenvalue weighted by atomic mass is 35.5. The number of hydrogen-bond donors (Lipinski definition) is 2. The van der Waals surface area contributed by atoms with E-state index >= 15 is 0 Å². The van der Waals surface area contributed by atoms with Crippen molar-refractivity contribution >= 4 is 29.6 Å². The molecule has 3 N–H and O–H groups in total. The van der Waals surface area contributed by atoms with E-state index in [2.05, 4.69) is 15.3 Å². The number of ether oxygens (including phenoxy) is 1. The highest BCUT2D eigenvalue weighted by molar-refractivity contribution is 6.31. The first kappa shape index (κ1) is 16.2. The first-order valence-corrected chi connectivity index (χ1v) is 6.57. The molecule has 0 atom stereocenters. The summed E-state index contributed by atoms with van der Waals surface area (Å²) in [6, 6.07) is 0. The number of carbonyl (C=O) groups excluding carboxylic acids is 1. The maximum Gasteiger partial charge on any atom is 0.407 e. The first-order chi connectivity index (χ1) is 9.28. The van der Waals surface area contributed by atoms with Crippen LogP contribution in [0.2, 0.25) is 5.15 Å². The van der Waals surface area contributed by atoms with Crippen LogP contribution < -0.4 is 11.1 Å². The average Bonchev–Trinajstić information content (AvgIpc) is 2.31. The van der Waals surface area contributed by atoms with E-state index in [1.165, 1.54) is 6.20 Å². The van der Waals surface area contributed by atoms with Crippen molar-refractivity contribution in [1.82, 2.24) is 15.3 Å². The Morgan fingerprint density at radius 2 is 2.25 bits per heavy atom. The van der Waals surface area contributed by atoms with Crippen LogP contribution in [-0.4, -0.2) is 28.2 Å². The number of aromatic nitrogens is 2. The number of amides is 1. The Hall–Kier alpha value is -1.82. The molecule has 20 heavy (non-hydrogen) atoms. The van der Waals surface area contributed by atoms with Crippen molar-refractivity contribution in [3.63, 3.8) is 0 Å². The van der Waals surface area contributed by atoms with Crippen LogP contribution in [0.25, 0.3) is 6.08 Å². The molecule has 0 bridgehead atoms. The monoisotopic (exact) mass is 298 g/mol. The number of hydrogen-bond acceptors (Lipinski definition) is 5. The molecule has 0 unspecified atom stereocenters. The van der Waals surface area contributed by atoms with E-state index in [-0.39, 0.29) is 11.0 Å². The van der Waals surface area contributed by atoms with Crippen LogP contribution in [0.3, 0.4) is 0 Å². The molecule has 1 rings (SSSR count). The molecule has 1 aromatic heterocycles. The molecular weight excluding hydrogens is 280 g/mol. The van der Waals surface area contributed by atoms with Gasteiger partial charge in [0, 0.05) is 6.54 Å². The van der Waals surface area contributed by atoms with Crippen LogP contribution in [-0.2, 0) is 4.74 Å². The highest BCUT2D eigenvalue weighted by Crippen LogP contribution is 2.12. The van der Waals surface area contributed by atoms with Crippen LogP contribution in [0.1, 0.15) is 32.9 Å². The standard InChI is InChI=1S/C13H19ClN4O2/c1-13(2,3)20-12(19)16-7-5-4-6-9-8-17-11(15)10(14)18-9/h4,6,8H,5,7H2,1-3H3,(H2,15,17)(H,16,19). The summed E-state index contributed by atoms with van der Waals surface area (Å²) in [7, 11) is 0. The number of nitrogens with one attached hydrogen (secondary N) is 1. The van der Waals surface area contributed by atoms with Gasteiger partial charge < -0.3 is 15.8 Å². The van der Waals surface area contributed by atoms with Crippen molar-refractivity contribution in [1.29, 1.82) is 0 Å². The summed E-state index contributed by atoms with van der Waals surface area (Å²) in [6.07, 6.45) is 5.35. The summed E-state index contributed by atoms with van der Waals surface area (Å²) in [5.74, 6) is 0.204. The quantitative estimate of drug-likeness (QED) is 0.834. The fraction of sp³-hybridized carbons (Fsp3) is 0.462. The second-order valence-electron chi connectivity index (χ2n) is 5.09. The minimum atomic E-state index is -0.490. The lowest BCUT2D eigenvalue weighted by Gasteiger charge is -2.19. The molecular formula is C13H19ClN4O2.